The van der Waals surface area contributed by atoms with Gasteiger partial charge in [0.1, 0.15) is 4.90 Å². The van der Waals surface area contributed by atoms with Gasteiger partial charge in [0.05, 0.1) is 10.5 Å². The van der Waals surface area contributed by atoms with Crippen molar-refractivity contribution in [3.63, 3.8) is 0 Å². The van der Waals surface area contributed by atoms with E-state index in [2.05, 4.69) is 9.71 Å². The first-order valence-electron chi connectivity index (χ1n) is 6.18. The summed E-state index contributed by atoms with van der Waals surface area (Å²) in [7, 11) is -3.72. The monoisotopic (exact) mass is 318 g/mol. The molecular formula is C15H11ClN2O2S. The second kappa shape index (κ2) is 5.35. The molecule has 0 aliphatic carbocycles. The number of halogens is 1. The van der Waals surface area contributed by atoms with Crippen LogP contribution in [0.2, 0.25) is 5.02 Å². The maximum Gasteiger partial charge on any atom is 0.263 e. The molecule has 3 aromatic rings. The van der Waals surface area contributed by atoms with E-state index in [0.29, 0.717) is 5.69 Å². The summed E-state index contributed by atoms with van der Waals surface area (Å²) in [5, 5.41) is 1.05. The Balaban J connectivity index is 1.99. The topological polar surface area (TPSA) is 59.1 Å². The minimum atomic E-state index is -3.72. The van der Waals surface area contributed by atoms with Crippen LogP contribution in [0.5, 0.6) is 0 Å². The van der Waals surface area contributed by atoms with E-state index in [0.717, 1.165) is 10.9 Å². The summed E-state index contributed by atoms with van der Waals surface area (Å²) in [6, 6.07) is 15.2. The van der Waals surface area contributed by atoms with Crippen LogP contribution in [0.25, 0.3) is 10.9 Å². The van der Waals surface area contributed by atoms with Gasteiger partial charge in [-0.3, -0.25) is 9.71 Å². The lowest BCUT2D eigenvalue weighted by Crippen LogP contribution is -2.13. The second-order valence-electron chi connectivity index (χ2n) is 4.45. The van der Waals surface area contributed by atoms with Gasteiger partial charge in [0, 0.05) is 17.3 Å². The smallest absolute Gasteiger partial charge is 0.263 e. The van der Waals surface area contributed by atoms with Gasteiger partial charge < -0.3 is 0 Å². The van der Waals surface area contributed by atoms with Crippen molar-refractivity contribution in [3.8, 4) is 0 Å². The number of aromatic nitrogens is 1. The van der Waals surface area contributed by atoms with Crippen molar-refractivity contribution in [1.29, 1.82) is 0 Å². The molecule has 0 fully saturated rings. The molecule has 106 valence electrons. The first-order valence-corrected chi connectivity index (χ1v) is 8.04. The standard InChI is InChI=1S/C15H11ClN2O2S/c16-13-5-1-2-6-15(13)21(19,20)18-12-7-8-14-11(10-12)4-3-9-17-14/h1-10,18H. The normalized spacial score (nSPS) is 11.5. The SMILES string of the molecule is O=S(=O)(Nc1ccc2ncccc2c1)c1ccccc1Cl. The van der Waals surface area contributed by atoms with E-state index in [4.69, 9.17) is 11.6 Å². The number of anilines is 1. The predicted octanol–water partition coefficient (Wildman–Crippen LogP) is 3.69. The zero-order valence-electron chi connectivity index (χ0n) is 10.8. The average Bonchev–Trinajstić information content (AvgIpc) is 2.47. The highest BCUT2D eigenvalue weighted by Gasteiger charge is 2.17. The molecule has 0 atom stereocenters. The van der Waals surface area contributed by atoms with Gasteiger partial charge in [-0.25, -0.2) is 8.42 Å². The van der Waals surface area contributed by atoms with E-state index in [1.807, 2.05) is 6.07 Å². The molecule has 0 spiro atoms. The minimum Gasteiger partial charge on any atom is -0.280 e. The maximum absolute atomic E-state index is 12.3. The number of hydrogen-bond donors (Lipinski definition) is 1. The number of hydrogen-bond acceptors (Lipinski definition) is 3. The molecule has 4 nitrogen and oxygen atoms in total. The Labute approximate surface area is 127 Å². The van der Waals surface area contributed by atoms with Crippen LogP contribution >= 0.6 is 11.6 Å². The molecule has 0 amide bonds. The highest BCUT2D eigenvalue weighted by molar-refractivity contribution is 7.92. The van der Waals surface area contributed by atoms with Crippen LogP contribution in [-0.2, 0) is 10.0 Å². The number of fused-ring (bicyclic) bond motifs is 1. The van der Waals surface area contributed by atoms with Gasteiger partial charge in [-0.05, 0) is 36.4 Å². The highest BCUT2D eigenvalue weighted by Crippen LogP contribution is 2.24. The molecular weight excluding hydrogens is 308 g/mol. The van der Waals surface area contributed by atoms with Crippen molar-refractivity contribution in [3.05, 3.63) is 65.8 Å². The van der Waals surface area contributed by atoms with Gasteiger partial charge in [-0.1, -0.05) is 29.8 Å². The Morgan fingerprint density at radius 3 is 2.62 bits per heavy atom. The number of sulfonamides is 1. The molecule has 1 heterocycles. The Morgan fingerprint density at radius 2 is 1.81 bits per heavy atom. The van der Waals surface area contributed by atoms with Gasteiger partial charge >= 0.3 is 0 Å². The molecule has 0 aliphatic rings. The fraction of sp³-hybridized carbons (Fsp3) is 0. The van der Waals surface area contributed by atoms with Crippen molar-refractivity contribution in [2.45, 2.75) is 4.90 Å². The number of nitrogens with one attached hydrogen (secondary N) is 1. The summed E-state index contributed by atoms with van der Waals surface area (Å²) in [5.41, 5.74) is 1.27. The lowest BCUT2D eigenvalue weighted by molar-refractivity contribution is 0.601. The Morgan fingerprint density at radius 1 is 1.00 bits per heavy atom. The molecule has 3 rings (SSSR count). The lowest BCUT2D eigenvalue weighted by Gasteiger charge is -2.10. The summed E-state index contributed by atoms with van der Waals surface area (Å²) in [4.78, 5) is 4.25. The number of rotatable bonds is 3. The van der Waals surface area contributed by atoms with Crippen LogP contribution in [-0.4, -0.2) is 13.4 Å². The third-order valence-electron chi connectivity index (χ3n) is 2.98. The van der Waals surface area contributed by atoms with Crippen LogP contribution in [0.15, 0.2) is 65.7 Å². The number of nitrogens with zero attached hydrogens (tertiary/aromatic N) is 1. The average molecular weight is 319 g/mol. The fourth-order valence-corrected chi connectivity index (χ4v) is 3.58. The second-order valence-corrected chi connectivity index (χ2v) is 6.50. The lowest BCUT2D eigenvalue weighted by atomic mass is 10.2. The molecule has 6 heteroatoms. The largest absolute Gasteiger partial charge is 0.280 e. The van der Waals surface area contributed by atoms with E-state index in [1.54, 1.807) is 48.7 Å². The summed E-state index contributed by atoms with van der Waals surface area (Å²) in [6.07, 6.45) is 1.69. The van der Waals surface area contributed by atoms with Gasteiger partial charge in [0.2, 0.25) is 0 Å². The zero-order chi connectivity index (χ0) is 14.9. The summed E-state index contributed by atoms with van der Waals surface area (Å²) >= 11 is 5.94. The van der Waals surface area contributed by atoms with Gasteiger partial charge in [-0.15, -0.1) is 0 Å². The number of pyridine rings is 1. The van der Waals surface area contributed by atoms with E-state index >= 15 is 0 Å². The molecule has 0 bridgehead atoms. The molecule has 0 aliphatic heterocycles. The molecule has 1 aromatic heterocycles. The van der Waals surface area contributed by atoms with Crippen LogP contribution in [0.1, 0.15) is 0 Å². The Bertz CT molecular complexity index is 910. The van der Waals surface area contributed by atoms with Gasteiger partial charge in [-0.2, -0.15) is 0 Å². The quantitative estimate of drug-likeness (QED) is 0.801. The van der Waals surface area contributed by atoms with Crippen LogP contribution < -0.4 is 4.72 Å². The molecule has 0 saturated heterocycles. The number of benzene rings is 2. The van der Waals surface area contributed by atoms with E-state index in [1.165, 1.54) is 6.07 Å². The van der Waals surface area contributed by atoms with Crippen molar-refractivity contribution >= 4 is 38.2 Å². The first kappa shape index (κ1) is 13.9. The Kier molecular flexibility index (Phi) is 3.53. The van der Waals surface area contributed by atoms with Crippen molar-refractivity contribution in [2.75, 3.05) is 4.72 Å². The van der Waals surface area contributed by atoms with Crippen molar-refractivity contribution in [2.24, 2.45) is 0 Å². The molecule has 0 unspecified atom stereocenters. The first-order chi connectivity index (χ1) is 10.1. The van der Waals surface area contributed by atoms with Gasteiger partial charge in [0.25, 0.3) is 10.0 Å². The molecule has 0 radical (unpaired) electrons. The van der Waals surface area contributed by atoms with E-state index in [-0.39, 0.29) is 9.92 Å². The molecule has 1 N–H and O–H groups in total. The molecule has 21 heavy (non-hydrogen) atoms. The zero-order valence-corrected chi connectivity index (χ0v) is 12.4. The highest BCUT2D eigenvalue weighted by atomic mass is 35.5. The Hall–Kier alpha value is -2.11. The maximum atomic E-state index is 12.3. The van der Waals surface area contributed by atoms with Crippen molar-refractivity contribution < 1.29 is 8.42 Å². The summed E-state index contributed by atoms with van der Waals surface area (Å²) in [5.74, 6) is 0. The van der Waals surface area contributed by atoms with Crippen LogP contribution in [0.4, 0.5) is 5.69 Å². The van der Waals surface area contributed by atoms with E-state index < -0.39 is 10.0 Å². The van der Waals surface area contributed by atoms with E-state index in [9.17, 15) is 8.42 Å². The third-order valence-corrected chi connectivity index (χ3v) is 4.86. The minimum absolute atomic E-state index is 0.0537. The predicted molar refractivity (Wildman–Crippen MR) is 84.0 cm³/mol. The fourth-order valence-electron chi connectivity index (χ4n) is 2.01. The van der Waals surface area contributed by atoms with Crippen LogP contribution in [0, 0.1) is 0 Å². The summed E-state index contributed by atoms with van der Waals surface area (Å²) in [6.45, 7) is 0. The van der Waals surface area contributed by atoms with Gasteiger partial charge in [0.15, 0.2) is 0 Å². The van der Waals surface area contributed by atoms with Crippen molar-refractivity contribution in [1.82, 2.24) is 4.98 Å². The third kappa shape index (κ3) is 2.84. The summed E-state index contributed by atoms with van der Waals surface area (Å²) < 4.78 is 27.2. The molecule has 2 aromatic carbocycles. The van der Waals surface area contributed by atoms with Crippen LogP contribution in [0.3, 0.4) is 0 Å². The molecule has 0 saturated carbocycles.